The maximum atomic E-state index is 13.7. The van der Waals surface area contributed by atoms with Gasteiger partial charge in [0, 0.05) is 24.5 Å². The third-order valence-corrected chi connectivity index (χ3v) is 8.79. The van der Waals surface area contributed by atoms with Crippen LogP contribution in [0.5, 0.6) is 11.5 Å². The number of ether oxygens (including phenoxy) is 2. The second-order valence-electron chi connectivity index (χ2n) is 8.70. The molecule has 0 radical (unpaired) electrons. The molecule has 0 atom stereocenters. The van der Waals surface area contributed by atoms with Crippen molar-refractivity contribution in [2.75, 3.05) is 33.1 Å². The molecule has 34 heavy (non-hydrogen) atoms. The minimum Gasteiger partial charge on any atom is -0.493 e. The van der Waals surface area contributed by atoms with Gasteiger partial charge in [0.1, 0.15) is 4.83 Å². The Bertz CT molecular complexity index is 1280. The van der Waals surface area contributed by atoms with E-state index >= 15 is 0 Å². The first kappa shape index (κ1) is 23.2. The van der Waals surface area contributed by atoms with Gasteiger partial charge in [-0.25, -0.2) is 4.98 Å². The monoisotopic (exact) mass is 499 g/mol. The molecule has 5 rings (SSSR count). The Hall–Kier alpha value is -2.52. The van der Waals surface area contributed by atoms with Crippen LogP contribution in [-0.2, 0) is 30.6 Å². The summed E-state index contributed by atoms with van der Waals surface area (Å²) in [5.74, 6) is 1.77. The highest BCUT2D eigenvalue weighted by atomic mass is 32.2. The average molecular weight is 500 g/mol. The number of thiophene rings is 1. The van der Waals surface area contributed by atoms with Crippen molar-refractivity contribution in [3.8, 4) is 11.5 Å². The molecule has 1 amide bonds. The fourth-order valence-electron chi connectivity index (χ4n) is 4.83. The van der Waals surface area contributed by atoms with Gasteiger partial charge in [-0.15, -0.1) is 11.3 Å². The van der Waals surface area contributed by atoms with E-state index < -0.39 is 0 Å². The molecule has 1 saturated heterocycles. The molecule has 180 valence electrons. The van der Waals surface area contributed by atoms with Gasteiger partial charge in [0.15, 0.2) is 16.7 Å². The number of benzene rings is 1. The summed E-state index contributed by atoms with van der Waals surface area (Å²) in [6.45, 7) is 2.15. The lowest BCUT2D eigenvalue weighted by molar-refractivity contribution is -0.127. The normalized spacial score (nSPS) is 15.2. The zero-order chi connectivity index (χ0) is 23.7. The van der Waals surface area contributed by atoms with E-state index in [0.29, 0.717) is 35.4 Å². The van der Waals surface area contributed by atoms with Gasteiger partial charge < -0.3 is 14.4 Å². The van der Waals surface area contributed by atoms with Crippen LogP contribution in [0.15, 0.2) is 28.2 Å². The van der Waals surface area contributed by atoms with Crippen LogP contribution >= 0.6 is 23.1 Å². The van der Waals surface area contributed by atoms with E-state index in [2.05, 4.69) is 0 Å². The number of hydrogen-bond donors (Lipinski definition) is 0. The van der Waals surface area contributed by atoms with E-state index in [0.717, 1.165) is 61.0 Å². The van der Waals surface area contributed by atoms with Crippen LogP contribution in [0, 0.1) is 0 Å². The fraction of sp³-hybridized carbons (Fsp3) is 0.480. The first-order valence-electron chi connectivity index (χ1n) is 11.8. The number of aryl methyl sites for hydroxylation is 3. The summed E-state index contributed by atoms with van der Waals surface area (Å²) in [7, 11) is 3.23. The van der Waals surface area contributed by atoms with E-state index in [1.165, 1.54) is 22.2 Å². The molecule has 3 heterocycles. The number of carbonyl (C=O) groups is 1. The SMILES string of the molecule is COc1ccc(CCn2c(SCC(=O)N3CCCC3)nc3sc4c(c3c2=O)CCC4)cc1OC. The predicted octanol–water partition coefficient (Wildman–Crippen LogP) is 3.92. The van der Waals surface area contributed by atoms with E-state index in [-0.39, 0.29) is 11.5 Å². The number of hydrogen-bond acceptors (Lipinski definition) is 7. The van der Waals surface area contributed by atoms with Gasteiger partial charge in [-0.2, -0.15) is 0 Å². The molecular weight excluding hydrogens is 470 g/mol. The molecule has 2 aromatic heterocycles. The van der Waals surface area contributed by atoms with Crippen LogP contribution in [0.4, 0.5) is 0 Å². The lowest BCUT2D eigenvalue weighted by Crippen LogP contribution is -2.30. The Morgan fingerprint density at radius 2 is 1.91 bits per heavy atom. The molecule has 0 saturated carbocycles. The van der Waals surface area contributed by atoms with Crippen molar-refractivity contribution in [3.05, 3.63) is 44.6 Å². The van der Waals surface area contributed by atoms with Crippen LogP contribution in [0.2, 0.25) is 0 Å². The molecule has 3 aromatic rings. The molecular formula is C25H29N3O4S2. The van der Waals surface area contributed by atoms with Gasteiger partial charge in [-0.1, -0.05) is 17.8 Å². The molecule has 1 fully saturated rings. The fourth-order valence-corrected chi connectivity index (χ4v) is 7.06. The topological polar surface area (TPSA) is 73.7 Å². The summed E-state index contributed by atoms with van der Waals surface area (Å²) in [5.41, 5.74) is 2.24. The lowest BCUT2D eigenvalue weighted by atomic mass is 10.1. The summed E-state index contributed by atoms with van der Waals surface area (Å²) in [4.78, 5) is 35.3. The summed E-state index contributed by atoms with van der Waals surface area (Å²) >= 11 is 3.03. The van der Waals surface area contributed by atoms with Crippen LogP contribution in [0.1, 0.15) is 35.3 Å². The van der Waals surface area contributed by atoms with E-state index in [4.69, 9.17) is 14.5 Å². The molecule has 9 heteroatoms. The quantitative estimate of drug-likeness (QED) is 0.346. The van der Waals surface area contributed by atoms with Crippen molar-refractivity contribution in [1.29, 1.82) is 0 Å². The number of rotatable bonds is 8. The molecule has 2 aliphatic rings. The molecule has 0 unspecified atom stereocenters. The van der Waals surface area contributed by atoms with Gasteiger partial charge >= 0.3 is 0 Å². The molecule has 1 aliphatic carbocycles. The molecule has 7 nitrogen and oxygen atoms in total. The van der Waals surface area contributed by atoms with Crippen LogP contribution in [0.3, 0.4) is 0 Å². The number of fused-ring (bicyclic) bond motifs is 3. The van der Waals surface area contributed by atoms with Crippen molar-refractivity contribution >= 4 is 39.2 Å². The van der Waals surface area contributed by atoms with Gasteiger partial charge in [0.25, 0.3) is 5.56 Å². The van der Waals surface area contributed by atoms with Crippen molar-refractivity contribution < 1.29 is 14.3 Å². The van der Waals surface area contributed by atoms with Gasteiger partial charge in [0.05, 0.1) is 25.4 Å². The average Bonchev–Trinajstić information content (AvgIpc) is 3.59. The van der Waals surface area contributed by atoms with Crippen molar-refractivity contribution in [2.45, 2.75) is 50.2 Å². The highest BCUT2D eigenvalue weighted by molar-refractivity contribution is 7.99. The predicted molar refractivity (Wildman–Crippen MR) is 136 cm³/mol. The van der Waals surface area contributed by atoms with E-state index in [1.807, 2.05) is 23.1 Å². The van der Waals surface area contributed by atoms with Gasteiger partial charge in [0.2, 0.25) is 5.91 Å². The number of likely N-dealkylation sites (tertiary alicyclic amines) is 1. The Morgan fingerprint density at radius 1 is 1.12 bits per heavy atom. The molecule has 1 aromatic carbocycles. The largest absolute Gasteiger partial charge is 0.493 e. The van der Waals surface area contributed by atoms with Crippen molar-refractivity contribution in [1.82, 2.24) is 14.5 Å². The standard InChI is InChI=1S/C25H29N3O4S2/c1-31-18-9-8-16(14-19(18)32-2)10-13-28-24(30)22-17-6-5-7-20(17)34-23(22)26-25(28)33-15-21(29)27-11-3-4-12-27/h8-9,14H,3-7,10-13,15H2,1-2H3. The molecule has 1 aliphatic heterocycles. The second kappa shape index (κ2) is 10.00. The van der Waals surface area contributed by atoms with E-state index in [1.54, 1.807) is 30.1 Å². The minimum absolute atomic E-state index is 0.0148. The number of carbonyl (C=O) groups excluding carboxylic acids is 1. The summed E-state index contributed by atoms with van der Waals surface area (Å²) in [6.07, 6.45) is 5.85. The molecule has 0 N–H and O–H groups in total. The minimum atomic E-state index is 0.0148. The Balaban J connectivity index is 1.45. The van der Waals surface area contributed by atoms with Gasteiger partial charge in [-0.3, -0.25) is 14.2 Å². The number of thioether (sulfide) groups is 1. The highest BCUT2D eigenvalue weighted by Gasteiger charge is 2.24. The number of amides is 1. The first-order valence-corrected chi connectivity index (χ1v) is 13.6. The lowest BCUT2D eigenvalue weighted by Gasteiger charge is -2.16. The molecule has 0 spiro atoms. The number of methoxy groups -OCH3 is 2. The summed E-state index contributed by atoms with van der Waals surface area (Å²) < 4.78 is 12.5. The van der Waals surface area contributed by atoms with Crippen molar-refractivity contribution in [2.24, 2.45) is 0 Å². The highest BCUT2D eigenvalue weighted by Crippen LogP contribution is 2.36. The Labute approximate surface area is 207 Å². The third kappa shape index (κ3) is 4.43. The van der Waals surface area contributed by atoms with Crippen LogP contribution in [-0.4, -0.2) is 53.4 Å². The Kier molecular flexibility index (Phi) is 6.83. The van der Waals surface area contributed by atoms with E-state index in [9.17, 15) is 9.59 Å². The smallest absolute Gasteiger partial charge is 0.263 e. The van der Waals surface area contributed by atoms with Gasteiger partial charge in [-0.05, 0) is 61.8 Å². The first-order chi connectivity index (χ1) is 16.6. The zero-order valence-electron chi connectivity index (χ0n) is 19.6. The zero-order valence-corrected chi connectivity index (χ0v) is 21.2. The Morgan fingerprint density at radius 3 is 2.68 bits per heavy atom. The summed E-state index contributed by atoms with van der Waals surface area (Å²) in [5, 5.41) is 1.41. The summed E-state index contributed by atoms with van der Waals surface area (Å²) in [6, 6.07) is 5.82. The molecule has 0 bridgehead atoms. The third-order valence-electron chi connectivity index (χ3n) is 6.65. The van der Waals surface area contributed by atoms with Crippen LogP contribution < -0.4 is 15.0 Å². The van der Waals surface area contributed by atoms with Crippen molar-refractivity contribution in [3.63, 3.8) is 0 Å². The second-order valence-corrected chi connectivity index (χ2v) is 10.7. The number of aromatic nitrogens is 2. The number of nitrogens with zero attached hydrogens (tertiary/aromatic N) is 3. The maximum Gasteiger partial charge on any atom is 0.263 e. The van der Waals surface area contributed by atoms with Crippen LogP contribution in [0.25, 0.3) is 10.2 Å². The maximum absolute atomic E-state index is 13.7.